The fraction of sp³-hybridized carbons (Fsp3) is 0.562. The van der Waals surface area contributed by atoms with Crippen LogP contribution in [-0.2, 0) is 0 Å². The molecule has 0 N–H and O–H groups in total. The molecule has 2 rings (SSSR count). The third-order valence-corrected chi connectivity index (χ3v) is 3.58. The molecule has 0 saturated carbocycles. The Hall–Kier alpha value is -1.35. The van der Waals surface area contributed by atoms with Gasteiger partial charge in [-0.3, -0.25) is 9.69 Å². The van der Waals surface area contributed by atoms with Crippen LogP contribution < -0.4 is 0 Å². The molecule has 104 valence electrons. The highest BCUT2D eigenvalue weighted by atomic mass is 16.2. The second-order valence-electron chi connectivity index (χ2n) is 5.85. The summed E-state index contributed by atoms with van der Waals surface area (Å²) < 4.78 is 0. The number of benzene rings is 1. The number of hydrogen-bond acceptors (Lipinski definition) is 2. The molecule has 1 aliphatic heterocycles. The molecule has 1 aliphatic rings. The second kappa shape index (κ2) is 6.20. The Morgan fingerprint density at radius 3 is 2.21 bits per heavy atom. The Morgan fingerprint density at radius 1 is 1.11 bits per heavy atom. The molecule has 0 spiro atoms. The van der Waals surface area contributed by atoms with Gasteiger partial charge in [-0.15, -0.1) is 0 Å². The molecule has 3 heteroatoms. The van der Waals surface area contributed by atoms with Crippen LogP contribution in [0.2, 0.25) is 0 Å². The smallest absolute Gasteiger partial charge is 0.253 e. The van der Waals surface area contributed by atoms with Gasteiger partial charge in [-0.05, 0) is 25.0 Å². The van der Waals surface area contributed by atoms with Crippen molar-refractivity contribution in [3.8, 4) is 0 Å². The second-order valence-corrected chi connectivity index (χ2v) is 5.85. The molecule has 1 fully saturated rings. The van der Waals surface area contributed by atoms with Crippen LogP contribution in [0.25, 0.3) is 0 Å². The maximum absolute atomic E-state index is 12.3. The fourth-order valence-corrected chi connectivity index (χ4v) is 2.53. The topological polar surface area (TPSA) is 23.6 Å². The monoisotopic (exact) mass is 260 g/mol. The van der Waals surface area contributed by atoms with E-state index in [1.54, 1.807) is 0 Å². The maximum Gasteiger partial charge on any atom is 0.253 e. The van der Waals surface area contributed by atoms with Crippen molar-refractivity contribution in [1.82, 2.24) is 9.80 Å². The molecular weight excluding hydrogens is 236 g/mol. The van der Waals surface area contributed by atoms with E-state index in [9.17, 15) is 4.79 Å². The molecule has 0 unspecified atom stereocenters. The highest BCUT2D eigenvalue weighted by Crippen LogP contribution is 2.11. The number of carbonyl (C=O) groups excluding carboxylic acids is 1. The zero-order valence-corrected chi connectivity index (χ0v) is 12.2. The van der Waals surface area contributed by atoms with Crippen LogP contribution in [0.1, 0.15) is 29.8 Å². The van der Waals surface area contributed by atoms with Gasteiger partial charge in [0.05, 0.1) is 0 Å². The van der Waals surface area contributed by atoms with Crippen molar-refractivity contribution >= 4 is 5.91 Å². The normalized spacial score (nSPS) is 16.9. The predicted molar refractivity (Wildman–Crippen MR) is 78.4 cm³/mol. The van der Waals surface area contributed by atoms with Crippen LogP contribution in [0, 0.1) is 12.8 Å². The maximum atomic E-state index is 12.3. The lowest BCUT2D eigenvalue weighted by molar-refractivity contribution is 0.0624. The van der Waals surface area contributed by atoms with Gasteiger partial charge in [-0.2, -0.15) is 0 Å². The summed E-state index contributed by atoms with van der Waals surface area (Å²) in [6.07, 6.45) is 0. The molecule has 0 aliphatic carbocycles. The van der Waals surface area contributed by atoms with E-state index < -0.39 is 0 Å². The standard InChI is InChI=1S/C16H24N2O/c1-13(2)12-17-8-10-18(11-9-17)16(19)15-6-4-14(3)5-7-15/h4-7,13H,8-12H2,1-3H3. The average molecular weight is 260 g/mol. The van der Waals surface area contributed by atoms with Crippen molar-refractivity contribution < 1.29 is 4.79 Å². The van der Waals surface area contributed by atoms with Gasteiger partial charge < -0.3 is 4.90 Å². The molecule has 3 nitrogen and oxygen atoms in total. The first kappa shape index (κ1) is 14.1. The van der Waals surface area contributed by atoms with Crippen LogP contribution >= 0.6 is 0 Å². The van der Waals surface area contributed by atoms with Crippen molar-refractivity contribution in [3.63, 3.8) is 0 Å². The Labute approximate surface area is 116 Å². The lowest BCUT2D eigenvalue weighted by Gasteiger charge is -2.35. The highest BCUT2D eigenvalue weighted by Gasteiger charge is 2.22. The first-order valence-electron chi connectivity index (χ1n) is 7.14. The Kier molecular flexibility index (Phi) is 4.59. The molecule has 0 aromatic heterocycles. The van der Waals surface area contributed by atoms with Crippen molar-refractivity contribution in [2.45, 2.75) is 20.8 Å². The quantitative estimate of drug-likeness (QED) is 0.833. The van der Waals surface area contributed by atoms with Crippen LogP contribution in [0.4, 0.5) is 0 Å². The van der Waals surface area contributed by atoms with Gasteiger partial charge in [0.15, 0.2) is 0 Å². The number of piperazine rings is 1. The molecule has 1 heterocycles. The van der Waals surface area contributed by atoms with E-state index in [-0.39, 0.29) is 5.91 Å². The van der Waals surface area contributed by atoms with E-state index in [0.717, 1.165) is 38.3 Å². The van der Waals surface area contributed by atoms with Crippen molar-refractivity contribution in [3.05, 3.63) is 35.4 Å². The number of aryl methyl sites for hydroxylation is 1. The minimum absolute atomic E-state index is 0.171. The Bertz CT molecular complexity index is 417. The van der Waals surface area contributed by atoms with Crippen LogP contribution in [0.15, 0.2) is 24.3 Å². The summed E-state index contributed by atoms with van der Waals surface area (Å²) in [5.41, 5.74) is 2.00. The van der Waals surface area contributed by atoms with Gasteiger partial charge >= 0.3 is 0 Å². The summed E-state index contributed by atoms with van der Waals surface area (Å²) in [6.45, 7) is 11.3. The summed E-state index contributed by atoms with van der Waals surface area (Å²) in [5, 5.41) is 0. The molecular formula is C16H24N2O. The average Bonchev–Trinajstić information content (AvgIpc) is 2.39. The van der Waals surface area contributed by atoms with E-state index in [1.165, 1.54) is 5.56 Å². The molecule has 0 bridgehead atoms. The molecule has 1 aromatic carbocycles. The lowest BCUT2D eigenvalue weighted by atomic mass is 10.1. The van der Waals surface area contributed by atoms with Gasteiger partial charge in [0.2, 0.25) is 0 Å². The summed E-state index contributed by atoms with van der Waals surface area (Å²) in [4.78, 5) is 16.8. The molecule has 0 radical (unpaired) electrons. The molecule has 0 atom stereocenters. The summed E-state index contributed by atoms with van der Waals surface area (Å²) >= 11 is 0. The van der Waals surface area contributed by atoms with Crippen molar-refractivity contribution in [1.29, 1.82) is 0 Å². The third-order valence-electron chi connectivity index (χ3n) is 3.58. The third kappa shape index (κ3) is 3.80. The minimum atomic E-state index is 0.171. The first-order chi connectivity index (χ1) is 9.06. The Balaban J connectivity index is 1.90. The minimum Gasteiger partial charge on any atom is -0.336 e. The van der Waals surface area contributed by atoms with Crippen LogP contribution in [0.5, 0.6) is 0 Å². The van der Waals surface area contributed by atoms with E-state index in [0.29, 0.717) is 5.92 Å². The summed E-state index contributed by atoms with van der Waals surface area (Å²) in [6, 6.07) is 7.86. The van der Waals surface area contributed by atoms with Gasteiger partial charge in [-0.25, -0.2) is 0 Å². The number of rotatable bonds is 3. The molecule has 1 aromatic rings. The van der Waals surface area contributed by atoms with E-state index in [2.05, 4.69) is 18.7 Å². The predicted octanol–water partition coefficient (Wildman–Crippen LogP) is 2.41. The molecule has 1 saturated heterocycles. The van der Waals surface area contributed by atoms with Crippen LogP contribution in [-0.4, -0.2) is 48.4 Å². The SMILES string of the molecule is Cc1ccc(C(=O)N2CCN(CC(C)C)CC2)cc1. The van der Waals surface area contributed by atoms with Gasteiger partial charge in [-0.1, -0.05) is 31.5 Å². The van der Waals surface area contributed by atoms with Gasteiger partial charge in [0, 0.05) is 38.3 Å². The number of hydrogen-bond donors (Lipinski definition) is 0. The van der Waals surface area contributed by atoms with Gasteiger partial charge in [0.25, 0.3) is 5.91 Å². The van der Waals surface area contributed by atoms with E-state index in [1.807, 2.05) is 36.1 Å². The summed E-state index contributed by atoms with van der Waals surface area (Å²) in [7, 11) is 0. The highest BCUT2D eigenvalue weighted by molar-refractivity contribution is 5.94. The molecule has 1 amide bonds. The first-order valence-corrected chi connectivity index (χ1v) is 7.14. The largest absolute Gasteiger partial charge is 0.336 e. The zero-order chi connectivity index (χ0) is 13.8. The lowest BCUT2D eigenvalue weighted by Crippen LogP contribution is -2.49. The number of amides is 1. The number of nitrogens with zero attached hydrogens (tertiary/aromatic N) is 2. The summed E-state index contributed by atoms with van der Waals surface area (Å²) in [5.74, 6) is 0.864. The van der Waals surface area contributed by atoms with Crippen molar-refractivity contribution in [2.24, 2.45) is 5.92 Å². The number of carbonyl (C=O) groups is 1. The molecule has 19 heavy (non-hydrogen) atoms. The zero-order valence-electron chi connectivity index (χ0n) is 12.2. The van der Waals surface area contributed by atoms with Crippen molar-refractivity contribution in [2.75, 3.05) is 32.7 Å². The fourth-order valence-electron chi connectivity index (χ4n) is 2.53. The Morgan fingerprint density at radius 2 is 1.68 bits per heavy atom. The van der Waals surface area contributed by atoms with Gasteiger partial charge in [0.1, 0.15) is 0 Å². The van der Waals surface area contributed by atoms with E-state index >= 15 is 0 Å². The van der Waals surface area contributed by atoms with Crippen LogP contribution in [0.3, 0.4) is 0 Å². The van der Waals surface area contributed by atoms with E-state index in [4.69, 9.17) is 0 Å².